The molecule has 0 atom stereocenters. The summed E-state index contributed by atoms with van der Waals surface area (Å²) < 4.78 is 5.73. The first-order valence-electron chi connectivity index (χ1n) is 10.2. The Morgan fingerprint density at radius 1 is 1.00 bits per heavy atom. The van der Waals surface area contributed by atoms with Gasteiger partial charge in [-0.05, 0) is 49.9 Å². The Hall–Kier alpha value is -3.54. The van der Waals surface area contributed by atoms with Gasteiger partial charge in [0, 0.05) is 29.6 Å². The van der Waals surface area contributed by atoms with Crippen molar-refractivity contribution < 1.29 is 14.3 Å². The SMILES string of the molecule is O=C1O[C@]2(CC[C@@H](C(=O)Nc3ccnc(-c4ccccc4)c3)CC2)c2ncccc21. The van der Waals surface area contributed by atoms with Crippen LogP contribution < -0.4 is 5.32 Å². The van der Waals surface area contributed by atoms with E-state index in [2.05, 4.69) is 15.3 Å². The molecule has 0 bridgehead atoms. The summed E-state index contributed by atoms with van der Waals surface area (Å²) in [5.74, 6) is -0.456. The van der Waals surface area contributed by atoms with E-state index in [9.17, 15) is 9.59 Å². The first kappa shape index (κ1) is 18.5. The summed E-state index contributed by atoms with van der Waals surface area (Å²) in [5.41, 5.74) is 3.13. The second kappa shape index (κ2) is 7.37. The lowest BCUT2D eigenvalue weighted by Gasteiger charge is -2.35. The predicted octanol–water partition coefficient (Wildman–Crippen LogP) is 4.34. The summed E-state index contributed by atoms with van der Waals surface area (Å²) in [7, 11) is 0. The average Bonchev–Trinajstić information content (AvgIpc) is 3.06. The number of nitrogens with one attached hydrogen (secondary N) is 1. The Morgan fingerprint density at radius 3 is 2.60 bits per heavy atom. The summed E-state index contributed by atoms with van der Waals surface area (Å²) >= 11 is 0. The molecule has 1 saturated carbocycles. The van der Waals surface area contributed by atoms with Gasteiger partial charge in [0.05, 0.1) is 17.0 Å². The highest BCUT2D eigenvalue weighted by molar-refractivity contribution is 5.95. The minimum Gasteiger partial charge on any atom is -0.449 e. The number of ether oxygens (including phenoxy) is 1. The molecular weight excluding hydrogens is 378 g/mol. The fraction of sp³-hybridized carbons (Fsp3) is 0.250. The summed E-state index contributed by atoms with van der Waals surface area (Å²) in [6.45, 7) is 0. The fourth-order valence-corrected chi connectivity index (χ4v) is 4.42. The van der Waals surface area contributed by atoms with Crippen molar-refractivity contribution in [3.8, 4) is 11.3 Å². The van der Waals surface area contributed by atoms with Gasteiger partial charge in [-0.15, -0.1) is 0 Å². The predicted molar refractivity (Wildman–Crippen MR) is 112 cm³/mol. The van der Waals surface area contributed by atoms with Gasteiger partial charge in [-0.1, -0.05) is 30.3 Å². The summed E-state index contributed by atoms with van der Waals surface area (Å²) in [4.78, 5) is 33.9. The normalized spacial score (nSPS) is 22.4. The van der Waals surface area contributed by atoms with Gasteiger partial charge in [0.1, 0.15) is 0 Å². The van der Waals surface area contributed by atoms with Crippen molar-refractivity contribution in [1.82, 2.24) is 9.97 Å². The maximum absolute atomic E-state index is 12.9. The van der Waals surface area contributed by atoms with E-state index in [-0.39, 0.29) is 17.8 Å². The van der Waals surface area contributed by atoms with E-state index in [0.717, 1.165) is 22.6 Å². The zero-order chi connectivity index (χ0) is 20.6. The van der Waals surface area contributed by atoms with Crippen LogP contribution in [0.2, 0.25) is 0 Å². The van der Waals surface area contributed by atoms with E-state index in [0.29, 0.717) is 31.2 Å². The molecule has 150 valence electrons. The monoisotopic (exact) mass is 399 g/mol. The van der Waals surface area contributed by atoms with Crippen LogP contribution in [0.3, 0.4) is 0 Å². The van der Waals surface area contributed by atoms with Gasteiger partial charge >= 0.3 is 5.97 Å². The van der Waals surface area contributed by atoms with E-state index in [1.165, 1.54) is 0 Å². The van der Waals surface area contributed by atoms with E-state index in [1.54, 1.807) is 30.6 Å². The lowest BCUT2D eigenvalue weighted by atomic mass is 9.76. The molecule has 1 aromatic carbocycles. The van der Waals surface area contributed by atoms with Crippen LogP contribution in [0.15, 0.2) is 67.0 Å². The molecule has 0 unspecified atom stereocenters. The van der Waals surface area contributed by atoms with Gasteiger partial charge in [-0.3, -0.25) is 14.8 Å². The standard InChI is InChI=1S/C24H21N3O3/c28-22(27-18-10-14-25-20(15-18)16-5-2-1-3-6-16)17-8-11-24(12-9-17)21-19(23(29)30-24)7-4-13-26-21/h1-7,10,13-15,17H,8-9,11-12H2,(H,25,27,28)/t17-,24+. The number of aromatic nitrogens is 2. The van der Waals surface area contributed by atoms with Crippen LogP contribution in [0.4, 0.5) is 5.69 Å². The Bertz CT molecular complexity index is 1110. The third kappa shape index (κ3) is 3.24. The van der Waals surface area contributed by atoms with E-state index in [4.69, 9.17) is 4.74 Å². The van der Waals surface area contributed by atoms with Crippen molar-refractivity contribution in [2.75, 3.05) is 5.32 Å². The van der Waals surface area contributed by atoms with Crippen LogP contribution in [0, 0.1) is 5.92 Å². The van der Waals surface area contributed by atoms with Gasteiger partial charge in [-0.25, -0.2) is 4.79 Å². The molecule has 1 spiro atoms. The maximum Gasteiger partial charge on any atom is 0.341 e. The summed E-state index contributed by atoms with van der Waals surface area (Å²) in [5, 5.41) is 3.03. The Labute approximate surface area is 174 Å². The number of carbonyl (C=O) groups is 2. The number of amides is 1. The molecule has 6 heteroatoms. The lowest BCUT2D eigenvalue weighted by molar-refractivity contribution is -0.122. The Balaban J connectivity index is 1.27. The number of anilines is 1. The molecule has 1 aliphatic heterocycles. The number of carbonyl (C=O) groups excluding carboxylic acids is 2. The molecule has 1 aliphatic carbocycles. The highest BCUT2D eigenvalue weighted by Gasteiger charge is 2.49. The van der Waals surface area contributed by atoms with Gasteiger partial charge in [0.2, 0.25) is 5.91 Å². The van der Waals surface area contributed by atoms with E-state index < -0.39 is 5.60 Å². The van der Waals surface area contributed by atoms with Crippen LogP contribution >= 0.6 is 0 Å². The maximum atomic E-state index is 12.9. The van der Waals surface area contributed by atoms with Gasteiger partial charge in [0.15, 0.2) is 5.60 Å². The van der Waals surface area contributed by atoms with Crippen molar-refractivity contribution in [2.45, 2.75) is 31.3 Å². The smallest absolute Gasteiger partial charge is 0.341 e. The minimum atomic E-state index is -0.679. The van der Waals surface area contributed by atoms with Gasteiger partial charge in [0.25, 0.3) is 0 Å². The molecule has 6 nitrogen and oxygen atoms in total. The van der Waals surface area contributed by atoms with Crippen molar-refractivity contribution in [2.24, 2.45) is 5.92 Å². The molecule has 1 amide bonds. The molecular formula is C24H21N3O3. The van der Waals surface area contributed by atoms with Crippen LogP contribution in [-0.4, -0.2) is 21.8 Å². The minimum absolute atomic E-state index is 0.0133. The van der Waals surface area contributed by atoms with Crippen LogP contribution in [0.1, 0.15) is 41.7 Å². The zero-order valence-electron chi connectivity index (χ0n) is 16.4. The molecule has 0 radical (unpaired) electrons. The number of nitrogens with zero attached hydrogens (tertiary/aromatic N) is 2. The lowest BCUT2D eigenvalue weighted by Crippen LogP contribution is -2.36. The first-order valence-corrected chi connectivity index (χ1v) is 10.2. The van der Waals surface area contributed by atoms with Crippen molar-refractivity contribution >= 4 is 17.6 Å². The van der Waals surface area contributed by atoms with Gasteiger partial charge in [-0.2, -0.15) is 0 Å². The molecule has 1 fully saturated rings. The topological polar surface area (TPSA) is 81.2 Å². The first-order chi connectivity index (χ1) is 14.6. The summed E-state index contributed by atoms with van der Waals surface area (Å²) in [6.07, 6.45) is 5.89. The van der Waals surface area contributed by atoms with Crippen molar-refractivity contribution in [3.05, 3.63) is 78.2 Å². The van der Waals surface area contributed by atoms with Crippen molar-refractivity contribution in [1.29, 1.82) is 0 Å². The quantitative estimate of drug-likeness (QED) is 0.663. The van der Waals surface area contributed by atoms with Gasteiger partial charge < -0.3 is 10.1 Å². The molecule has 5 rings (SSSR count). The number of esters is 1. The second-order valence-corrected chi connectivity index (χ2v) is 7.84. The van der Waals surface area contributed by atoms with Crippen LogP contribution in [-0.2, 0) is 15.1 Å². The van der Waals surface area contributed by atoms with Crippen LogP contribution in [0.5, 0.6) is 0 Å². The zero-order valence-corrected chi connectivity index (χ0v) is 16.4. The number of fused-ring (bicyclic) bond motifs is 2. The summed E-state index contributed by atoms with van der Waals surface area (Å²) in [6, 6.07) is 17.0. The van der Waals surface area contributed by atoms with Crippen LogP contribution in [0.25, 0.3) is 11.3 Å². The third-order valence-electron chi connectivity index (χ3n) is 6.01. The number of pyridine rings is 2. The fourth-order valence-electron chi connectivity index (χ4n) is 4.42. The number of hydrogen-bond donors (Lipinski definition) is 1. The average molecular weight is 399 g/mol. The molecule has 2 aromatic heterocycles. The second-order valence-electron chi connectivity index (χ2n) is 7.84. The molecule has 0 saturated heterocycles. The number of hydrogen-bond acceptors (Lipinski definition) is 5. The molecule has 30 heavy (non-hydrogen) atoms. The Morgan fingerprint density at radius 2 is 1.80 bits per heavy atom. The largest absolute Gasteiger partial charge is 0.449 e. The van der Waals surface area contributed by atoms with E-state index in [1.807, 2.05) is 36.4 Å². The van der Waals surface area contributed by atoms with Crippen molar-refractivity contribution in [3.63, 3.8) is 0 Å². The Kier molecular flexibility index (Phi) is 4.54. The highest BCUT2D eigenvalue weighted by atomic mass is 16.6. The highest BCUT2D eigenvalue weighted by Crippen LogP contribution is 2.47. The molecule has 2 aliphatic rings. The molecule has 3 aromatic rings. The molecule has 3 heterocycles. The third-order valence-corrected chi connectivity index (χ3v) is 6.01. The van der Waals surface area contributed by atoms with E-state index >= 15 is 0 Å². The molecule has 1 N–H and O–H groups in total. The number of rotatable bonds is 3. The number of benzene rings is 1.